The Labute approximate surface area is 103 Å². The van der Waals surface area contributed by atoms with Crippen LogP contribution in [0.1, 0.15) is 47.5 Å². The fourth-order valence-corrected chi connectivity index (χ4v) is 2.34. The van der Waals surface area contributed by atoms with Gasteiger partial charge in [0.2, 0.25) is 0 Å². The van der Waals surface area contributed by atoms with E-state index in [1.165, 1.54) is 0 Å². The second-order valence-corrected chi connectivity index (χ2v) is 6.25. The van der Waals surface area contributed by atoms with Crippen LogP contribution in [0.3, 0.4) is 0 Å². The summed E-state index contributed by atoms with van der Waals surface area (Å²) in [6, 6.07) is 0. The zero-order chi connectivity index (χ0) is 13.4. The molecule has 0 aliphatic heterocycles. The second-order valence-electron chi connectivity index (χ2n) is 6.25. The topological polar surface area (TPSA) is 54.4 Å². The van der Waals surface area contributed by atoms with Gasteiger partial charge in [0.25, 0.3) is 0 Å². The lowest BCUT2D eigenvalue weighted by atomic mass is 9.68. The van der Waals surface area contributed by atoms with Gasteiger partial charge in [-0.25, -0.2) is 4.79 Å². The zero-order valence-corrected chi connectivity index (χ0v) is 11.3. The molecule has 0 spiro atoms. The van der Waals surface area contributed by atoms with E-state index >= 15 is 0 Å². The van der Waals surface area contributed by atoms with Crippen molar-refractivity contribution in [3.8, 4) is 0 Å². The van der Waals surface area contributed by atoms with Crippen LogP contribution in [0.25, 0.3) is 0 Å². The number of rotatable bonds is 2. The van der Waals surface area contributed by atoms with Crippen molar-refractivity contribution < 1.29 is 14.7 Å². The molecule has 1 N–H and O–H groups in total. The Balaban J connectivity index is 3.17. The van der Waals surface area contributed by atoms with Gasteiger partial charge in [-0.1, -0.05) is 34.6 Å². The lowest BCUT2D eigenvalue weighted by Gasteiger charge is -2.35. The van der Waals surface area contributed by atoms with Gasteiger partial charge in [-0.2, -0.15) is 0 Å². The highest BCUT2D eigenvalue weighted by atomic mass is 16.4. The van der Waals surface area contributed by atoms with Gasteiger partial charge in [-0.05, 0) is 29.2 Å². The van der Waals surface area contributed by atoms with E-state index in [9.17, 15) is 9.59 Å². The third-order valence-corrected chi connectivity index (χ3v) is 3.63. The first kappa shape index (κ1) is 13.9. The van der Waals surface area contributed by atoms with Gasteiger partial charge < -0.3 is 5.11 Å². The van der Waals surface area contributed by atoms with E-state index in [1.54, 1.807) is 0 Å². The van der Waals surface area contributed by atoms with Gasteiger partial charge >= 0.3 is 5.97 Å². The fraction of sp³-hybridized carbons (Fsp3) is 0.714. The minimum atomic E-state index is -1.06. The van der Waals surface area contributed by atoms with Crippen LogP contribution in [0.5, 0.6) is 0 Å². The summed E-state index contributed by atoms with van der Waals surface area (Å²) in [5.74, 6) is -0.899. The quantitative estimate of drug-likeness (QED) is 0.752. The summed E-state index contributed by atoms with van der Waals surface area (Å²) in [6.07, 6.45) is 1.09. The van der Waals surface area contributed by atoms with E-state index in [1.807, 2.05) is 13.8 Å². The number of aliphatic carboxylic acids is 1. The molecule has 0 amide bonds. The van der Waals surface area contributed by atoms with Gasteiger partial charge in [0, 0.05) is 6.42 Å². The smallest absolute Gasteiger partial charge is 0.339 e. The molecule has 0 saturated heterocycles. The number of hydrogen-bond donors (Lipinski definition) is 1. The third kappa shape index (κ3) is 2.96. The van der Waals surface area contributed by atoms with Crippen LogP contribution in [0.15, 0.2) is 11.1 Å². The highest BCUT2D eigenvalue weighted by molar-refractivity contribution is 6.17. The number of carbonyl (C=O) groups excluding carboxylic acids is 1. The van der Waals surface area contributed by atoms with E-state index in [0.717, 1.165) is 12.0 Å². The molecule has 1 unspecified atom stereocenters. The van der Waals surface area contributed by atoms with Crippen molar-refractivity contribution in [2.24, 2.45) is 17.3 Å². The first-order valence-electron chi connectivity index (χ1n) is 6.14. The molecular formula is C14H22O3. The normalized spacial score (nSPS) is 22.2. The summed E-state index contributed by atoms with van der Waals surface area (Å²) < 4.78 is 0. The molecule has 3 heteroatoms. The summed E-state index contributed by atoms with van der Waals surface area (Å²) in [4.78, 5) is 23.1. The van der Waals surface area contributed by atoms with Crippen LogP contribution in [0, 0.1) is 17.3 Å². The van der Waals surface area contributed by atoms with Crippen LogP contribution >= 0.6 is 0 Å². The molecule has 3 nitrogen and oxygen atoms in total. The predicted molar refractivity (Wildman–Crippen MR) is 66.7 cm³/mol. The van der Waals surface area contributed by atoms with E-state index in [-0.39, 0.29) is 28.6 Å². The zero-order valence-electron chi connectivity index (χ0n) is 11.3. The monoisotopic (exact) mass is 238 g/mol. The van der Waals surface area contributed by atoms with Crippen LogP contribution in [-0.2, 0) is 9.59 Å². The number of carboxylic acid groups (broad SMARTS) is 1. The molecule has 96 valence electrons. The van der Waals surface area contributed by atoms with Crippen molar-refractivity contribution in [1.29, 1.82) is 0 Å². The lowest BCUT2D eigenvalue weighted by molar-refractivity contribution is -0.135. The maximum Gasteiger partial charge on any atom is 0.339 e. The van der Waals surface area contributed by atoms with Crippen molar-refractivity contribution >= 4 is 11.8 Å². The van der Waals surface area contributed by atoms with Gasteiger partial charge in [0.05, 0.1) is 0 Å². The van der Waals surface area contributed by atoms with Crippen LogP contribution < -0.4 is 0 Å². The number of carboxylic acids is 1. The Morgan fingerprint density at radius 3 is 2.18 bits per heavy atom. The molecule has 0 radical (unpaired) electrons. The van der Waals surface area contributed by atoms with Gasteiger partial charge in [0.15, 0.2) is 5.78 Å². The summed E-state index contributed by atoms with van der Waals surface area (Å²) in [5.41, 5.74) is 0.897. The van der Waals surface area contributed by atoms with Crippen LogP contribution in [0.4, 0.5) is 0 Å². The Bertz CT molecular complexity index is 369. The fourth-order valence-electron chi connectivity index (χ4n) is 2.34. The summed E-state index contributed by atoms with van der Waals surface area (Å²) in [5, 5.41) is 9.14. The van der Waals surface area contributed by atoms with Crippen LogP contribution in [-0.4, -0.2) is 16.9 Å². The minimum absolute atomic E-state index is 0.0415. The Morgan fingerprint density at radius 2 is 1.82 bits per heavy atom. The largest absolute Gasteiger partial charge is 0.478 e. The molecule has 0 bridgehead atoms. The first-order chi connectivity index (χ1) is 7.64. The number of ketones is 1. The van der Waals surface area contributed by atoms with Crippen LogP contribution in [0.2, 0.25) is 0 Å². The molecule has 0 fully saturated rings. The summed E-state index contributed by atoms with van der Waals surface area (Å²) in [6.45, 7) is 10.2. The standard InChI is InChI=1S/C14H22O3/c1-8(2)10-6-9(14(3,4)5)7-11(15)12(10)13(16)17/h8-9H,6-7H2,1-5H3,(H,16,17). The van der Waals surface area contributed by atoms with Crippen molar-refractivity contribution in [2.75, 3.05) is 0 Å². The molecule has 1 aliphatic carbocycles. The maximum atomic E-state index is 12.0. The molecule has 17 heavy (non-hydrogen) atoms. The summed E-state index contributed by atoms with van der Waals surface area (Å²) in [7, 11) is 0. The Kier molecular flexibility index (Phi) is 3.80. The van der Waals surface area contributed by atoms with E-state index in [2.05, 4.69) is 20.8 Å². The minimum Gasteiger partial charge on any atom is -0.478 e. The molecule has 0 aromatic heterocycles. The first-order valence-corrected chi connectivity index (χ1v) is 6.14. The number of Topliss-reactive ketones (excluding diaryl/α,β-unsaturated/α-hetero) is 1. The number of hydrogen-bond acceptors (Lipinski definition) is 2. The molecule has 0 heterocycles. The molecule has 0 aromatic rings. The van der Waals surface area contributed by atoms with Gasteiger partial charge in [-0.3, -0.25) is 4.79 Å². The number of allylic oxidation sites excluding steroid dienone is 1. The SMILES string of the molecule is CC(C)C1=C(C(=O)O)C(=O)CC(C(C)(C)C)C1. The highest BCUT2D eigenvalue weighted by Gasteiger charge is 2.37. The van der Waals surface area contributed by atoms with Crippen molar-refractivity contribution in [3.05, 3.63) is 11.1 Å². The number of carbonyl (C=O) groups is 2. The van der Waals surface area contributed by atoms with Gasteiger partial charge in [-0.15, -0.1) is 0 Å². The molecule has 0 saturated carbocycles. The van der Waals surface area contributed by atoms with E-state index < -0.39 is 5.97 Å². The molecule has 1 atom stereocenters. The lowest BCUT2D eigenvalue weighted by Crippen LogP contribution is -2.32. The maximum absolute atomic E-state index is 12.0. The summed E-state index contributed by atoms with van der Waals surface area (Å²) >= 11 is 0. The molecule has 1 aliphatic rings. The average Bonchev–Trinajstić information content (AvgIpc) is 2.13. The van der Waals surface area contributed by atoms with Crippen molar-refractivity contribution in [2.45, 2.75) is 47.5 Å². The molecule has 0 aromatic carbocycles. The third-order valence-electron chi connectivity index (χ3n) is 3.63. The highest BCUT2D eigenvalue weighted by Crippen LogP contribution is 2.40. The van der Waals surface area contributed by atoms with E-state index in [4.69, 9.17) is 5.11 Å². The Hall–Kier alpha value is -1.12. The van der Waals surface area contributed by atoms with Crippen molar-refractivity contribution in [3.63, 3.8) is 0 Å². The van der Waals surface area contributed by atoms with Crippen molar-refractivity contribution in [1.82, 2.24) is 0 Å². The molecular weight excluding hydrogens is 216 g/mol. The molecule has 1 rings (SSSR count). The van der Waals surface area contributed by atoms with E-state index in [0.29, 0.717) is 6.42 Å². The average molecular weight is 238 g/mol. The van der Waals surface area contributed by atoms with Gasteiger partial charge in [0.1, 0.15) is 5.57 Å². The Morgan fingerprint density at radius 1 is 1.29 bits per heavy atom. The predicted octanol–water partition coefficient (Wildman–Crippen LogP) is 3.05. The second kappa shape index (κ2) is 4.63.